The van der Waals surface area contributed by atoms with E-state index < -0.39 is 0 Å². The van der Waals surface area contributed by atoms with Crippen molar-refractivity contribution in [2.45, 2.75) is 19.4 Å². The second kappa shape index (κ2) is 11.0. The summed E-state index contributed by atoms with van der Waals surface area (Å²) in [5, 5.41) is 9.75. The number of thioether (sulfide) groups is 1. The molecule has 1 aromatic carbocycles. The van der Waals surface area contributed by atoms with Crippen LogP contribution in [0.3, 0.4) is 0 Å². The van der Waals surface area contributed by atoms with Gasteiger partial charge in [0.2, 0.25) is 0 Å². The van der Waals surface area contributed by atoms with Crippen molar-refractivity contribution in [3.05, 3.63) is 35.3 Å². The summed E-state index contributed by atoms with van der Waals surface area (Å²) >= 11 is 3.54. The van der Waals surface area contributed by atoms with E-state index >= 15 is 0 Å². The van der Waals surface area contributed by atoms with Crippen molar-refractivity contribution in [1.82, 2.24) is 15.6 Å². The van der Waals surface area contributed by atoms with E-state index in [9.17, 15) is 0 Å². The normalized spacial score (nSPS) is 11.4. The van der Waals surface area contributed by atoms with Crippen molar-refractivity contribution < 1.29 is 4.74 Å². The van der Waals surface area contributed by atoms with Gasteiger partial charge in [0.1, 0.15) is 10.8 Å². The zero-order chi connectivity index (χ0) is 17.9. The Hall–Kier alpha value is -1.73. The largest absolute Gasteiger partial charge is 0.497 e. The van der Waals surface area contributed by atoms with Crippen LogP contribution >= 0.6 is 23.1 Å². The molecule has 0 fully saturated rings. The molecule has 0 saturated carbocycles. The number of nitrogens with one attached hydrogen (secondary N) is 2. The van der Waals surface area contributed by atoms with E-state index in [1.165, 1.54) is 12.2 Å². The highest BCUT2D eigenvalue weighted by Gasteiger charge is 2.06. The molecular weight excluding hydrogens is 352 g/mol. The molecule has 0 aliphatic heterocycles. The van der Waals surface area contributed by atoms with Crippen molar-refractivity contribution in [3.63, 3.8) is 0 Å². The number of guanidine groups is 1. The van der Waals surface area contributed by atoms with Crippen LogP contribution in [0.5, 0.6) is 5.75 Å². The maximum absolute atomic E-state index is 5.19. The molecule has 2 rings (SSSR count). The van der Waals surface area contributed by atoms with E-state index in [0.717, 1.165) is 40.9 Å². The number of unbranched alkanes of at least 4 members (excludes halogenated alkanes) is 1. The minimum absolute atomic E-state index is 0.664. The number of aliphatic imine (C=N–C) groups is 1. The molecule has 0 saturated heterocycles. The first-order chi connectivity index (χ1) is 12.3. The quantitative estimate of drug-likeness (QED) is 0.396. The van der Waals surface area contributed by atoms with Gasteiger partial charge in [-0.25, -0.2) is 4.98 Å². The zero-order valence-corrected chi connectivity index (χ0v) is 16.7. The number of benzene rings is 1. The van der Waals surface area contributed by atoms with Gasteiger partial charge in [0.25, 0.3) is 0 Å². The highest BCUT2D eigenvalue weighted by molar-refractivity contribution is 7.98. The third-order valence-corrected chi connectivity index (χ3v) is 5.25. The molecule has 0 spiro atoms. The van der Waals surface area contributed by atoms with Crippen LogP contribution in [0.4, 0.5) is 0 Å². The number of aromatic nitrogens is 1. The van der Waals surface area contributed by atoms with E-state index in [2.05, 4.69) is 27.3 Å². The van der Waals surface area contributed by atoms with Gasteiger partial charge < -0.3 is 15.4 Å². The third kappa shape index (κ3) is 6.59. The molecule has 0 bridgehead atoms. The van der Waals surface area contributed by atoms with Gasteiger partial charge in [-0.2, -0.15) is 11.8 Å². The smallest absolute Gasteiger partial charge is 0.191 e. The number of rotatable bonds is 9. The Morgan fingerprint density at radius 1 is 1.24 bits per heavy atom. The Morgan fingerprint density at radius 2 is 2.04 bits per heavy atom. The average Bonchev–Trinajstić information content (AvgIpc) is 3.13. The highest BCUT2D eigenvalue weighted by Crippen LogP contribution is 2.25. The molecule has 0 unspecified atom stereocenters. The van der Waals surface area contributed by atoms with Gasteiger partial charge in [0.05, 0.1) is 19.3 Å². The average molecular weight is 379 g/mol. The molecule has 0 atom stereocenters. The second-order valence-corrected chi connectivity index (χ2v) is 7.27. The van der Waals surface area contributed by atoms with Crippen LogP contribution in [-0.4, -0.2) is 43.7 Å². The van der Waals surface area contributed by atoms with Crippen LogP contribution in [0.25, 0.3) is 10.6 Å². The van der Waals surface area contributed by atoms with Gasteiger partial charge in [0, 0.05) is 24.5 Å². The SMILES string of the molecule is CN=C(NCCCCSC)NCc1csc(-c2ccc(OC)cc2)n1. The van der Waals surface area contributed by atoms with E-state index in [1.807, 2.05) is 36.0 Å². The molecule has 1 heterocycles. The van der Waals surface area contributed by atoms with Crippen LogP contribution < -0.4 is 15.4 Å². The third-order valence-electron chi connectivity index (χ3n) is 3.62. The summed E-state index contributed by atoms with van der Waals surface area (Å²) in [5.74, 6) is 2.89. The van der Waals surface area contributed by atoms with Gasteiger partial charge in [0.15, 0.2) is 5.96 Å². The Kier molecular flexibility index (Phi) is 8.62. The number of thiazole rings is 1. The minimum Gasteiger partial charge on any atom is -0.497 e. The molecular formula is C18H26N4OS2. The monoisotopic (exact) mass is 378 g/mol. The van der Waals surface area contributed by atoms with Gasteiger partial charge in [-0.05, 0) is 49.1 Å². The predicted octanol–water partition coefficient (Wildman–Crippen LogP) is 3.63. The van der Waals surface area contributed by atoms with Crippen LogP contribution in [0.1, 0.15) is 18.5 Å². The lowest BCUT2D eigenvalue weighted by atomic mass is 10.2. The highest BCUT2D eigenvalue weighted by atomic mass is 32.2. The van der Waals surface area contributed by atoms with E-state index in [-0.39, 0.29) is 0 Å². The minimum atomic E-state index is 0.664. The summed E-state index contributed by atoms with van der Waals surface area (Å²) < 4.78 is 5.19. The summed E-state index contributed by atoms with van der Waals surface area (Å²) in [4.78, 5) is 8.95. The molecule has 2 N–H and O–H groups in total. The number of hydrogen-bond acceptors (Lipinski definition) is 5. The van der Waals surface area contributed by atoms with Crippen molar-refractivity contribution in [2.75, 3.05) is 32.7 Å². The predicted molar refractivity (Wildman–Crippen MR) is 110 cm³/mol. The molecule has 136 valence electrons. The van der Waals surface area contributed by atoms with Crippen LogP contribution in [0.2, 0.25) is 0 Å². The van der Waals surface area contributed by atoms with Crippen LogP contribution in [-0.2, 0) is 6.54 Å². The number of nitrogens with zero attached hydrogens (tertiary/aromatic N) is 2. The molecule has 7 heteroatoms. The first kappa shape index (κ1) is 19.6. The lowest BCUT2D eigenvalue weighted by molar-refractivity contribution is 0.415. The van der Waals surface area contributed by atoms with Crippen molar-refractivity contribution in [1.29, 1.82) is 0 Å². The van der Waals surface area contributed by atoms with Crippen LogP contribution in [0, 0.1) is 0 Å². The van der Waals surface area contributed by atoms with E-state index in [4.69, 9.17) is 9.72 Å². The summed E-state index contributed by atoms with van der Waals surface area (Å²) in [6.07, 6.45) is 4.52. The molecule has 0 amide bonds. The van der Waals surface area contributed by atoms with Gasteiger partial charge in [-0.15, -0.1) is 11.3 Å². The molecule has 0 radical (unpaired) electrons. The Balaban J connectivity index is 1.81. The zero-order valence-electron chi connectivity index (χ0n) is 15.0. The summed E-state index contributed by atoms with van der Waals surface area (Å²) in [5.41, 5.74) is 2.12. The summed E-state index contributed by atoms with van der Waals surface area (Å²) in [6.45, 7) is 1.60. The topological polar surface area (TPSA) is 58.5 Å². The van der Waals surface area contributed by atoms with Crippen LogP contribution in [0.15, 0.2) is 34.6 Å². The molecule has 0 aliphatic rings. The van der Waals surface area contributed by atoms with E-state index in [0.29, 0.717) is 6.54 Å². The Morgan fingerprint density at radius 3 is 2.72 bits per heavy atom. The number of methoxy groups -OCH3 is 1. The lowest BCUT2D eigenvalue weighted by Gasteiger charge is -2.10. The fraction of sp³-hybridized carbons (Fsp3) is 0.444. The first-order valence-electron chi connectivity index (χ1n) is 8.29. The number of ether oxygens (including phenoxy) is 1. The number of hydrogen-bond donors (Lipinski definition) is 2. The van der Waals surface area contributed by atoms with E-state index in [1.54, 1.807) is 25.5 Å². The fourth-order valence-electron chi connectivity index (χ4n) is 2.23. The fourth-order valence-corrected chi connectivity index (χ4v) is 3.55. The van der Waals surface area contributed by atoms with Crippen molar-refractivity contribution in [2.24, 2.45) is 4.99 Å². The van der Waals surface area contributed by atoms with Gasteiger partial charge >= 0.3 is 0 Å². The van der Waals surface area contributed by atoms with Crippen molar-refractivity contribution in [3.8, 4) is 16.3 Å². The second-order valence-electron chi connectivity index (χ2n) is 5.42. The molecule has 5 nitrogen and oxygen atoms in total. The molecule has 2 aromatic rings. The first-order valence-corrected chi connectivity index (χ1v) is 10.6. The van der Waals surface area contributed by atoms with Gasteiger partial charge in [-0.3, -0.25) is 4.99 Å². The Bertz CT molecular complexity index is 655. The summed E-state index contributed by atoms with van der Waals surface area (Å²) in [7, 11) is 3.47. The summed E-state index contributed by atoms with van der Waals surface area (Å²) in [6, 6.07) is 7.98. The standard InChI is InChI=1S/C18H26N4OS2/c1-19-18(20-10-4-5-11-24-3)21-12-15-13-25-17(22-15)14-6-8-16(23-2)9-7-14/h6-9,13H,4-5,10-12H2,1-3H3,(H2,19,20,21). The molecule has 1 aromatic heterocycles. The molecule has 0 aliphatic carbocycles. The Labute approximate surface area is 158 Å². The van der Waals surface area contributed by atoms with Crippen molar-refractivity contribution >= 4 is 29.1 Å². The molecule has 25 heavy (non-hydrogen) atoms. The maximum Gasteiger partial charge on any atom is 0.191 e. The lowest BCUT2D eigenvalue weighted by Crippen LogP contribution is -2.37. The maximum atomic E-state index is 5.19. The van der Waals surface area contributed by atoms with Gasteiger partial charge in [-0.1, -0.05) is 0 Å².